The van der Waals surface area contributed by atoms with Crippen LogP contribution < -0.4 is 9.46 Å². The Morgan fingerprint density at radius 1 is 0.851 bits per heavy atom. The Labute approximate surface area is 268 Å². The molecule has 3 heterocycles. The molecule has 9 rings (SSSR count). The third kappa shape index (κ3) is 4.29. The quantitative estimate of drug-likeness (QED) is 0.137. The minimum Gasteiger partial charge on any atom is -0.744 e. The topological polar surface area (TPSA) is 156 Å². The SMILES string of the molecule is O=C(OC1C2NS(=O)(=O)C3C2SC1C3C(=O)Oc1c(F)c(F)c(S(=O)(=O)[O-])c(F)c1F)C1CC2c3ccccc3C1c1ccccc12. The number of hydrogen-bond donors (Lipinski definition) is 1. The molecule has 3 aliphatic carbocycles. The molecule has 0 radical (unpaired) electrons. The van der Waals surface area contributed by atoms with Gasteiger partial charge in [-0.25, -0.2) is 30.3 Å². The summed E-state index contributed by atoms with van der Waals surface area (Å²) in [5.41, 5.74) is 4.12. The average molecular weight is 711 g/mol. The van der Waals surface area contributed by atoms with Gasteiger partial charge in [0, 0.05) is 17.1 Å². The van der Waals surface area contributed by atoms with Crippen LogP contribution in [-0.4, -0.2) is 61.2 Å². The van der Waals surface area contributed by atoms with E-state index >= 15 is 0 Å². The van der Waals surface area contributed by atoms with Crippen molar-refractivity contribution >= 4 is 43.8 Å². The summed E-state index contributed by atoms with van der Waals surface area (Å²) in [5.74, 6) is -17.2. The number of halogens is 4. The molecule has 7 atom stereocenters. The molecule has 4 bridgehead atoms. The van der Waals surface area contributed by atoms with E-state index in [4.69, 9.17) is 4.74 Å². The first-order valence-electron chi connectivity index (χ1n) is 14.3. The Bertz CT molecular complexity index is 2070. The Morgan fingerprint density at radius 3 is 1.96 bits per heavy atom. The Hall–Kier alpha value is -3.51. The summed E-state index contributed by atoms with van der Waals surface area (Å²) >= 11 is 0.993. The molecule has 6 aliphatic rings. The standard InChI is InChI=1S/C30H21F4NO9S3/c31-18-20(33)28(47(40,41)42)21(34)19(32)23(18)43-30(37)17-25-24(22-26(45-25)27(17)46(38,39)35-22)44-29(36)15-9-14-10-5-1-3-7-12(10)16(15)13-8-4-2-6-11(13)14/h1-8,14-17,22,24-27,35H,9H2,(H,40,41,42)/p-1. The van der Waals surface area contributed by atoms with E-state index in [1.165, 1.54) is 0 Å². The fourth-order valence-corrected chi connectivity index (χ4v) is 13.4. The maximum absolute atomic E-state index is 14.7. The molecule has 10 nitrogen and oxygen atoms in total. The Kier molecular flexibility index (Phi) is 6.71. The van der Waals surface area contributed by atoms with Gasteiger partial charge >= 0.3 is 11.9 Å². The second-order valence-corrected chi connectivity index (χ2v) is 16.6. The number of hydrogen-bond acceptors (Lipinski definition) is 10. The van der Waals surface area contributed by atoms with Crippen LogP contribution in [-0.2, 0) is 34.5 Å². The number of esters is 2. The van der Waals surface area contributed by atoms with Crippen LogP contribution in [0.3, 0.4) is 0 Å². The molecular weight excluding hydrogens is 691 g/mol. The van der Waals surface area contributed by atoms with Crippen LogP contribution in [0.5, 0.6) is 5.75 Å². The van der Waals surface area contributed by atoms with E-state index in [1.54, 1.807) is 0 Å². The number of benzene rings is 3. The van der Waals surface area contributed by atoms with Gasteiger partial charge < -0.3 is 14.0 Å². The highest BCUT2D eigenvalue weighted by Gasteiger charge is 2.72. The van der Waals surface area contributed by atoms with Gasteiger partial charge in [0.15, 0.2) is 11.6 Å². The molecule has 17 heteroatoms. The molecule has 0 aromatic heterocycles. The molecule has 1 N–H and O–H groups in total. The van der Waals surface area contributed by atoms with Gasteiger partial charge in [-0.05, 0) is 28.7 Å². The van der Waals surface area contributed by atoms with Crippen molar-refractivity contribution in [1.82, 2.24) is 4.72 Å². The number of sulfonamides is 1. The zero-order valence-corrected chi connectivity index (χ0v) is 25.9. The molecule has 3 fully saturated rings. The van der Waals surface area contributed by atoms with Crippen LogP contribution in [0.1, 0.15) is 40.5 Å². The average Bonchev–Trinajstić information content (AvgIpc) is 3.64. The normalized spacial score (nSPS) is 32.1. The molecule has 3 aromatic rings. The van der Waals surface area contributed by atoms with E-state index in [-0.39, 0.29) is 11.8 Å². The lowest BCUT2D eigenvalue weighted by molar-refractivity contribution is -0.159. The monoisotopic (exact) mass is 710 g/mol. The van der Waals surface area contributed by atoms with E-state index in [0.717, 1.165) is 34.0 Å². The highest BCUT2D eigenvalue weighted by molar-refractivity contribution is 8.03. The maximum Gasteiger partial charge on any atom is 0.317 e. The molecule has 3 saturated heterocycles. The van der Waals surface area contributed by atoms with Gasteiger partial charge in [0.05, 0.1) is 23.1 Å². The summed E-state index contributed by atoms with van der Waals surface area (Å²) in [5, 5.41) is -3.45. The smallest absolute Gasteiger partial charge is 0.317 e. The molecule has 47 heavy (non-hydrogen) atoms. The zero-order chi connectivity index (χ0) is 33.3. The molecule has 7 unspecified atom stereocenters. The summed E-state index contributed by atoms with van der Waals surface area (Å²) in [6.07, 6.45) is -0.800. The number of carbonyl (C=O) groups is 2. The number of rotatable bonds is 5. The van der Waals surface area contributed by atoms with Crippen molar-refractivity contribution in [2.24, 2.45) is 11.8 Å². The van der Waals surface area contributed by atoms with Crippen LogP contribution in [0.4, 0.5) is 17.6 Å². The van der Waals surface area contributed by atoms with Crippen LogP contribution in [0.25, 0.3) is 0 Å². The van der Waals surface area contributed by atoms with Crippen molar-refractivity contribution in [2.45, 2.75) is 51.0 Å². The molecule has 0 saturated carbocycles. The van der Waals surface area contributed by atoms with Crippen molar-refractivity contribution in [3.63, 3.8) is 0 Å². The predicted octanol–water partition coefficient (Wildman–Crippen LogP) is 3.05. The maximum atomic E-state index is 14.7. The lowest BCUT2D eigenvalue weighted by Crippen LogP contribution is -2.52. The van der Waals surface area contributed by atoms with Gasteiger partial charge in [0.1, 0.15) is 26.4 Å². The van der Waals surface area contributed by atoms with Gasteiger partial charge in [0.25, 0.3) is 0 Å². The second-order valence-electron chi connectivity index (χ2n) is 12.1. The number of fused-ring (bicyclic) bond motifs is 2. The first kappa shape index (κ1) is 30.8. The molecule has 0 spiro atoms. The van der Waals surface area contributed by atoms with Gasteiger partial charge in [-0.1, -0.05) is 48.5 Å². The second kappa shape index (κ2) is 10.2. The predicted molar refractivity (Wildman–Crippen MR) is 153 cm³/mol. The number of carbonyl (C=O) groups excluding carboxylic acids is 2. The first-order valence-corrected chi connectivity index (χ1v) is 18.2. The summed E-state index contributed by atoms with van der Waals surface area (Å²) in [6.45, 7) is 0. The minimum absolute atomic E-state index is 0.0926. The number of ether oxygens (including phenoxy) is 2. The molecule has 3 aliphatic heterocycles. The number of thioether (sulfide) groups is 1. The summed E-state index contributed by atoms with van der Waals surface area (Å²) in [4.78, 5) is 24.9. The largest absolute Gasteiger partial charge is 0.744 e. The lowest BCUT2D eigenvalue weighted by atomic mass is 9.59. The zero-order valence-electron chi connectivity index (χ0n) is 23.4. The first-order chi connectivity index (χ1) is 22.2. The van der Waals surface area contributed by atoms with Crippen molar-refractivity contribution in [1.29, 1.82) is 0 Å². The van der Waals surface area contributed by atoms with Crippen molar-refractivity contribution in [3.8, 4) is 5.75 Å². The fraction of sp³-hybridized carbons (Fsp3) is 0.333. The van der Waals surface area contributed by atoms with Crippen LogP contribution in [0.2, 0.25) is 0 Å². The van der Waals surface area contributed by atoms with E-state index < -0.39 is 106 Å². The Balaban J connectivity index is 1.10. The van der Waals surface area contributed by atoms with E-state index in [0.29, 0.717) is 6.42 Å². The molecule has 3 aromatic carbocycles. The highest BCUT2D eigenvalue weighted by Crippen LogP contribution is 2.59. The summed E-state index contributed by atoms with van der Waals surface area (Å²) in [6, 6.07) is 14.6. The molecule has 246 valence electrons. The highest BCUT2D eigenvalue weighted by atomic mass is 32.2. The van der Waals surface area contributed by atoms with Crippen LogP contribution in [0.15, 0.2) is 53.4 Å². The van der Waals surface area contributed by atoms with Gasteiger partial charge in [-0.2, -0.15) is 8.78 Å². The van der Waals surface area contributed by atoms with Crippen molar-refractivity contribution in [3.05, 3.63) is 94.1 Å². The van der Waals surface area contributed by atoms with Crippen LogP contribution in [0, 0.1) is 35.1 Å². The third-order valence-electron chi connectivity index (χ3n) is 9.80. The van der Waals surface area contributed by atoms with Gasteiger partial charge in [0.2, 0.25) is 27.4 Å². The van der Waals surface area contributed by atoms with Crippen molar-refractivity contribution < 1.29 is 58.0 Å². The van der Waals surface area contributed by atoms with Gasteiger partial charge in [-0.15, -0.1) is 11.8 Å². The minimum atomic E-state index is -6.02. The number of nitrogens with one attached hydrogen (secondary N) is 1. The van der Waals surface area contributed by atoms with Crippen LogP contribution >= 0.6 is 11.8 Å². The fourth-order valence-electron chi connectivity index (χ4n) is 8.04. The lowest BCUT2D eigenvalue weighted by Gasteiger charge is -2.44. The Morgan fingerprint density at radius 2 is 1.40 bits per heavy atom. The van der Waals surface area contributed by atoms with E-state index in [2.05, 4.69) is 9.46 Å². The summed E-state index contributed by atoms with van der Waals surface area (Å²) < 4.78 is 131. The van der Waals surface area contributed by atoms with Crippen molar-refractivity contribution in [2.75, 3.05) is 0 Å². The van der Waals surface area contributed by atoms with E-state index in [9.17, 15) is 48.5 Å². The van der Waals surface area contributed by atoms with Gasteiger partial charge in [-0.3, -0.25) is 9.59 Å². The third-order valence-corrected chi connectivity index (χ3v) is 14.5. The molecular formula is C30H20F4NO9S3-. The summed E-state index contributed by atoms with van der Waals surface area (Å²) in [7, 11) is -10.3. The van der Waals surface area contributed by atoms with E-state index in [1.807, 2.05) is 48.5 Å². The molecule has 0 amide bonds.